The molecule has 26 heavy (non-hydrogen) atoms. The molecule has 0 amide bonds. The number of hydrogen-bond donors (Lipinski definition) is 3. The van der Waals surface area contributed by atoms with Gasteiger partial charge in [-0.25, -0.2) is 9.59 Å². The number of esters is 1. The van der Waals surface area contributed by atoms with Crippen LogP contribution in [0, 0.1) is 0 Å². The van der Waals surface area contributed by atoms with E-state index >= 15 is 0 Å². The molecule has 3 aromatic rings. The predicted octanol–water partition coefficient (Wildman–Crippen LogP) is 3.68. The minimum absolute atomic E-state index is 0.0225. The van der Waals surface area contributed by atoms with Gasteiger partial charge >= 0.3 is 11.9 Å². The summed E-state index contributed by atoms with van der Waals surface area (Å²) in [6.45, 7) is 0. The van der Waals surface area contributed by atoms with Crippen molar-refractivity contribution in [3.8, 4) is 28.4 Å². The lowest BCUT2D eigenvalue weighted by Crippen LogP contribution is -2.11. The Kier molecular flexibility index (Phi) is 4.57. The normalized spacial score (nSPS) is 10.3. The highest BCUT2D eigenvalue weighted by Crippen LogP contribution is 2.28. The van der Waals surface area contributed by atoms with E-state index in [9.17, 15) is 24.9 Å². The van der Waals surface area contributed by atoms with Gasteiger partial charge in [-0.15, -0.1) is 0 Å². The molecule has 0 radical (unpaired) electrons. The SMILES string of the molecule is O=C(O)c1ccc(C(=O)Oc2ccc(O)cc2)c(-c2ccc(O)cc2)c1. The Morgan fingerprint density at radius 1 is 0.769 bits per heavy atom. The summed E-state index contributed by atoms with van der Waals surface area (Å²) in [6.07, 6.45) is 0. The van der Waals surface area contributed by atoms with Crippen LogP contribution in [0.15, 0.2) is 66.7 Å². The summed E-state index contributed by atoms with van der Waals surface area (Å²) >= 11 is 0. The van der Waals surface area contributed by atoms with Crippen LogP contribution in [0.5, 0.6) is 17.2 Å². The molecule has 0 spiro atoms. The molecule has 0 unspecified atom stereocenters. The van der Waals surface area contributed by atoms with Gasteiger partial charge in [-0.3, -0.25) is 0 Å². The van der Waals surface area contributed by atoms with Gasteiger partial charge in [0.2, 0.25) is 0 Å². The molecule has 0 atom stereocenters. The van der Waals surface area contributed by atoms with Crippen molar-refractivity contribution < 1.29 is 29.6 Å². The van der Waals surface area contributed by atoms with Crippen LogP contribution < -0.4 is 4.74 Å². The zero-order valence-corrected chi connectivity index (χ0v) is 13.4. The van der Waals surface area contributed by atoms with Gasteiger partial charge in [-0.05, 0) is 65.7 Å². The second-order valence-corrected chi connectivity index (χ2v) is 5.50. The van der Waals surface area contributed by atoms with Crippen LogP contribution in [0.2, 0.25) is 0 Å². The molecule has 130 valence electrons. The average molecular weight is 350 g/mol. The summed E-state index contributed by atoms with van der Waals surface area (Å²) < 4.78 is 5.29. The molecule has 3 N–H and O–H groups in total. The fourth-order valence-corrected chi connectivity index (χ4v) is 2.41. The standard InChI is InChI=1S/C20H14O6/c21-14-4-1-12(2-5-14)18-11-13(19(23)24)3-10-17(18)20(25)26-16-8-6-15(22)7-9-16/h1-11,21-22H,(H,23,24). The number of ether oxygens (including phenoxy) is 1. The van der Waals surface area contributed by atoms with Gasteiger partial charge in [-0.1, -0.05) is 12.1 Å². The van der Waals surface area contributed by atoms with Gasteiger partial charge in [0.25, 0.3) is 0 Å². The lowest BCUT2D eigenvalue weighted by Gasteiger charge is -2.11. The van der Waals surface area contributed by atoms with E-state index in [0.29, 0.717) is 11.1 Å². The van der Waals surface area contributed by atoms with Crippen molar-refractivity contribution in [2.45, 2.75) is 0 Å². The first-order chi connectivity index (χ1) is 12.4. The molecule has 0 aliphatic carbocycles. The van der Waals surface area contributed by atoms with Crippen molar-refractivity contribution in [2.24, 2.45) is 0 Å². The largest absolute Gasteiger partial charge is 0.508 e. The highest BCUT2D eigenvalue weighted by molar-refractivity contribution is 6.01. The second-order valence-electron chi connectivity index (χ2n) is 5.50. The second kappa shape index (κ2) is 6.98. The van der Waals surface area contributed by atoms with E-state index in [1.807, 2.05) is 0 Å². The molecule has 3 rings (SSSR count). The molecule has 0 saturated carbocycles. The Balaban J connectivity index is 2.02. The van der Waals surface area contributed by atoms with Crippen LogP contribution in [0.4, 0.5) is 0 Å². The summed E-state index contributed by atoms with van der Waals surface area (Å²) in [4.78, 5) is 23.8. The Bertz CT molecular complexity index is 959. The van der Waals surface area contributed by atoms with Gasteiger partial charge in [0.05, 0.1) is 11.1 Å². The number of hydrogen-bond acceptors (Lipinski definition) is 5. The van der Waals surface area contributed by atoms with E-state index in [1.54, 1.807) is 12.1 Å². The Hall–Kier alpha value is -3.80. The van der Waals surface area contributed by atoms with Crippen molar-refractivity contribution in [1.29, 1.82) is 0 Å². The van der Waals surface area contributed by atoms with Crippen molar-refractivity contribution in [3.63, 3.8) is 0 Å². The van der Waals surface area contributed by atoms with Gasteiger partial charge in [0, 0.05) is 0 Å². The topological polar surface area (TPSA) is 104 Å². The molecule has 0 aliphatic rings. The Labute approximate surface area is 148 Å². The molecule has 6 nitrogen and oxygen atoms in total. The quantitative estimate of drug-likeness (QED) is 0.490. The van der Waals surface area contributed by atoms with Crippen LogP contribution in [0.25, 0.3) is 11.1 Å². The van der Waals surface area contributed by atoms with Crippen molar-refractivity contribution in [2.75, 3.05) is 0 Å². The lowest BCUT2D eigenvalue weighted by molar-refractivity contribution is 0.0692. The first-order valence-electron chi connectivity index (χ1n) is 7.62. The number of carbonyl (C=O) groups is 2. The first-order valence-corrected chi connectivity index (χ1v) is 7.62. The van der Waals surface area contributed by atoms with Gasteiger partial charge in [0.1, 0.15) is 17.2 Å². The molecular weight excluding hydrogens is 336 g/mol. The third-order valence-electron chi connectivity index (χ3n) is 3.71. The first kappa shape index (κ1) is 17.0. The maximum atomic E-state index is 12.6. The van der Waals surface area contributed by atoms with E-state index in [2.05, 4.69) is 0 Å². The smallest absolute Gasteiger partial charge is 0.344 e. The lowest BCUT2D eigenvalue weighted by atomic mass is 9.97. The van der Waals surface area contributed by atoms with Crippen LogP contribution in [-0.4, -0.2) is 27.3 Å². The molecule has 3 aromatic carbocycles. The molecular formula is C20H14O6. The Morgan fingerprint density at radius 3 is 1.92 bits per heavy atom. The molecule has 0 saturated heterocycles. The number of carboxylic acid groups (broad SMARTS) is 1. The highest BCUT2D eigenvalue weighted by atomic mass is 16.5. The van der Waals surface area contributed by atoms with Crippen LogP contribution in [0.3, 0.4) is 0 Å². The fourth-order valence-electron chi connectivity index (χ4n) is 2.41. The number of benzene rings is 3. The summed E-state index contributed by atoms with van der Waals surface area (Å²) in [7, 11) is 0. The maximum absolute atomic E-state index is 12.6. The minimum atomic E-state index is -1.12. The molecule has 0 aromatic heterocycles. The van der Waals surface area contributed by atoms with Crippen LogP contribution >= 0.6 is 0 Å². The van der Waals surface area contributed by atoms with Crippen molar-refractivity contribution >= 4 is 11.9 Å². The monoisotopic (exact) mass is 350 g/mol. The van der Waals surface area contributed by atoms with Crippen LogP contribution in [0.1, 0.15) is 20.7 Å². The zero-order valence-electron chi connectivity index (χ0n) is 13.4. The molecule has 0 bridgehead atoms. The summed E-state index contributed by atoms with van der Waals surface area (Å²) in [5, 5.41) is 27.9. The summed E-state index contributed by atoms with van der Waals surface area (Å²) in [6, 6.07) is 15.8. The summed E-state index contributed by atoms with van der Waals surface area (Å²) in [5.41, 5.74) is 1.13. The number of aromatic carboxylic acids is 1. The van der Waals surface area contributed by atoms with Gasteiger partial charge in [-0.2, -0.15) is 0 Å². The minimum Gasteiger partial charge on any atom is -0.508 e. The zero-order chi connectivity index (χ0) is 18.7. The average Bonchev–Trinajstić information content (AvgIpc) is 2.63. The van der Waals surface area contributed by atoms with Gasteiger partial charge < -0.3 is 20.1 Å². The maximum Gasteiger partial charge on any atom is 0.344 e. The number of rotatable bonds is 4. The number of phenols is 2. The molecule has 0 fully saturated rings. The third kappa shape index (κ3) is 3.64. The molecule has 0 heterocycles. The predicted molar refractivity (Wildman–Crippen MR) is 93.6 cm³/mol. The number of carbonyl (C=O) groups excluding carboxylic acids is 1. The molecule has 0 aliphatic heterocycles. The highest BCUT2D eigenvalue weighted by Gasteiger charge is 2.18. The third-order valence-corrected chi connectivity index (χ3v) is 3.71. The number of aromatic hydroxyl groups is 2. The molecule has 6 heteroatoms. The number of phenolic OH excluding ortho intramolecular Hbond substituents is 2. The van der Waals surface area contributed by atoms with Crippen molar-refractivity contribution in [3.05, 3.63) is 77.9 Å². The van der Waals surface area contributed by atoms with E-state index in [1.165, 1.54) is 54.6 Å². The van der Waals surface area contributed by atoms with E-state index < -0.39 is 11.9 Å². The van der Waals surface area contributed by atoms with Gasteiger partial charge in [0.15, 0.2) is 0 Å². The number of carboxylic acids is 1. The van der Waals surface area contributed by atoms with E-state index in [-0.39, 0.29) is 28.4 Å². The Morgan fingerprint density at radius 2 is 1.35 bits per heavy atom. The van der Waals surface area contributed by atoms with E-state index in [0.717, 1.165) is 0 Å². The summed E-state index contributed by atoms with van der Waals surface area (Å²) in [5.74, 6) is -1.46. The fraction of sp³-hybridized carbons (Fsp3) is 0. The van der Waals surface area contributed by atoms with Crippen LogP contribution in [-0.2, 0) is 0 Å². The van der Waals surface area contributed by atoms with E-state index in [4.69, 9.17) is 4.74 Å². The van der Waals surface area contributed by atoms with Crippen molar-refractivity contribution in [1.82, 2.24) is 0 Å².